The third-order valence-corrected chi connectivity index (χ3v) is 10.9. The van der Waals surface area contributed by atoms with Gasteiger partial charge in [0.25, 0.3) is 14.1 Å². The molecule has 0 amide bonds. The minimum atomic E-state index is -1.74. The number of rotatable bonds is 15. The molecule has 1 fully saturated rings. The number of alkyl halides is 3. The number of nitrogens with one attached hydrogen (secondary N) is 1. The Morgan fingerprint density at radius 1 is 0.887 bits per heavy atom. The number of aromatic nitrogens is 2. The number of nitrogens with zero attached hydrogens (tertiary/aromatic N) is 2. The first-order chi connectivity index (χ1) is 25.0. The molecule has 286 valence electrons. The molecule has 0 saturated carbocycles. The number of aromatic amines is 1. The minimum absolute atomic E-state index is 0.0132. The highest BCUT2D eigenvalue weighted by atomic mass is 35.6. The first kappa shape index (κ1) is 41.2. The Kier molecular flexibility index (Phi) is 13.4. The van der Waals surface area contributed by atoms with Gasteiger partial charge in [-0.05, 0) is 75.8 Å². The fourth-order valence-corrected chi connectivity index (χ4v) is 8.55. The van der Waals surface area contributed by atoms with E-state index in [1.165, 1.54) is 10.8 Å². The van der Waals surface area contributed by atoms with Crippen molar-refractivity contribution in [3.63, 3.8) is 0 Å². The van der Waals surface area contributed by atoms with E-state index >= 15 is 0 Å². The Hall–Kier alpha value is -2.96. The van der Waals surface area contributed by atoms with Crippen LogP contribution in [0.3, 0.4) is 0 Å². The van der Waals surface area contributed by atoms with Crippen molar-refractivity contribution in [2.45, 2.75) is 67.0 Å². The summed E-state index contributed by atoms with van der Waals surface area (Å²) in [6.45, 7) is 5.29. The van der Waals surface area contributed by atoms with Crippen LogP contribution in [0.25, 0.3) is 0 Å². The zero-order chi connectivity index (χ0) is 38.6. The number of halogens is 3. The molecule has 1 aromatic heterocycles. The van der Waals surface area contributed by atoms with Crippen molar-refractivity contribution in [3.8, 4) is 11.5 Å². The van der Waals surface area contributed by atoms with Crippen molar-refractivity contribution in [1.29, 1.82) is 0 Å². The molecule has 2 heterocycles. The second kappa shape index (κ2) is 17.2. The molecule has 1 N–H and O–H groups in total. The Bertz CT molecular complexity index is 1870. The maximum Gasteiger partial charge on any atom is 0.330 e. The normalized spacial score (nSPS) is 18.7. The van der Waals surface area contributed by atoms with Crippen molar-refractivity contribution in [1.82, 2.24) is 14.2 Å². The fraction of sp³-hybridized carbons (Fsp3) is 0.421. The lowest BCUT2D eigenvalue weighted by atomic mass is 9.80. The summed E-state index contributed by atoms with van der Waals surface area (Å²) in [6.07, 6.45) is -0.321. The standard InChI is InChI=1S/C38H45Cl3N3O8P/c1-25-22-44(35(46)42-34(25)45)33-21-31(51-53(43(4)5)52-36(2,3)24-37(39,40)41)32(50-33)23-49-38(26-11-9-8-10-12-26,27-13-17-29(47-6)18-14-27)28-15-19-30(48-7)20-16-28/h8-20,22,31-33H,21,23-24H2,1-7H3,(H,42,45,46)/t31-,32+,33+,53?/m0/s1. The second-order valence-corrected chi connectivity index (χ2v) is 17.7. The van der Waals surface area contributed by atoms with Gasteiger partial charge in [0.05, 0.1) is 32.5 Å². The number of ether oxygens (including phenoxy) is 4. The molecule has 0 aliphatic carbocycles. The van der Waals surface area contributed by atoms with Crippen molar-refractivity contribution < 1.29 is 28.0 Å². The Labute approximate surface area is 325 Å². The van der Waals surface area contributed by atoms with Gasteiger partial charge in [-0.1, -0.05) is 89.4 Å². The van der Waals surface area contributed by atoms with E-state index in [1.54, 1.807) is 21.1 Å². The highest BCUT2D eigenvalue weighted by Gasteiger charge is 2.45. The summed E-state index contributed by atoms with van der Waals surface area (Å²) >= 11 is 18.5. The van der Waals surface area contributed by atoms with Gasteiger partial charge in [-0.3, -0.25) is 14.3 Å². The molecule has 0 spiro atoms. The number of aryl methyl sites for hydroxylation is 1. The van der Waals surface area contributed by atoms with Crippen LogP contribution >= 0.6 is 43.3 Å². The maximum atomic E-state index is 13.1. The van der Waals surface area contributed by atoms with E-state index in [0.717, 1.165) is 16.7 Å². The Balaban J connectivity index is 1.58. The molecule has 0 radical (unpaired) electrons. The number of benzene rings is 3. The summed E-state index contributed by atoms with van der Waals surface area (Å²) in [6, 6.07) is 25.3. The van der Waals surface area contributed by atoms with E-state index < -0.39 is 53.2 Å². The van der Waals surface area contributed by atoms with Crippen LogP contribution in [0.5, 0.6) is 11.5 Å². The monoisotopic (exact) mass is 807 g/mol. The molecule has 3 aromatic carbocycles. The van der Waals surface area contributed by atoms with Crippen LogP contribution in [0.4, 0.5) is 0 Å². The number of hydrogen-bond donors (Lipinski definition) is 1. The average molecular weight is 809 g/mol. The smallest absolute Gasteiger partial charge is 0.330 e. The minimum Gasteiger partial charge on any atom is -0.497 e. The topological polar surface area (TPSA) is 113 Å². The van der Waals surface area contributed by atoms with Gasteiger partial charge in [0.15, 0.2) is 3.79 Å². The molecule has 5 rings (SSSR count). The van der Waals surface area contributed by atoms with Crippen LogP contribution in [0.2, 0.25) is 0 Å². The van der Waals surface area contributed by atoms with Crippen LogP contribution < -0.4 is 20.7 Å². The van der Waals surface area contributed by atoms with Gasteiger partial charge in [0, 0.05) is 24.6 Å². The van der Waals surface area contributed by atoms with E-state index in [-0.39, 0.29) is 19.4 Å². The number of methoxy groups -OCH3 is 2. The lowest BCUT2D eigenvalue weighted by molar-refractivity contribution is -0.0930. The predicted molar refractivity (Wildman–Crippen MR) is 208 cm³/mol. The zero-order valence-electron chi connectivity index (χ0n) is 30.7. The van der Waals surface area contributed by atoms with Crippen LogP contribution in [0.15, 0.2) is 94.6 Å². The summed E-state index contributed by atoms with van der Waals surface area (Å²) in [5.41, 5.74) is -0.207. The molecular formula is C38H45Cl3N3O8P. The van der Waals surface area contributed by atoms with Crippen LogP contribution in [-0.2, 0) is 24.1 Å². The second-order valence-electron chi connectivity index (χ2n) is 13.5. The summed E-state index contributed by atoms with van der Waals surface area (Å²) < 4.78 is 39.6. The third-order valence-electron chi connectivity index (χ3n) is 8.78. The van der Waals surface area contributed by atoms with Crippen LogP contribution in [0, 0.1) is 6.92 Å². The van der Waals surface area contributed by atoms with E-state index in [4.69, 9.17) is 62.8 Å². The lowest BCUT2D eigenvalue weighted by Gasteiger charge is -2.38. The van der Waals surface area contributed by atoms with Gasteiger partial charge < -0.3 is 28.0 Å². The van der Waals surface area contributed by atoms with Crippen molar-refractivity contribution >= 4 is 43.3 Å². The predicted octanol–water partition coefficient (Wildman–Crippen LogP) is 7.89. The van der Waals surface area contributed by atoms with E-state index in [2.05, 4.69) is 4.98 Å². The molecule has 4 aromatic rings. The van der Waals surface area contributed by atoms with Crippen molar-refractivity contribution in [3.05, 3.63) is 128 Å². The third kappa shape index (κ3) is 10.0. The number of hydrogen-bond acceptors (Lipinski definition) is 9. The summed E-state index contributed by atoms with van der Waals surface area (Å²) in [5.74, 6) is 1.38. The summed E-state index contributed by atoms with van der Waals surface area (Å²) in [5, 5.41) is 0. The van der Waals surface area contributed by atoms with E-state index in [0.29, 0.717) is 17.1 Å². The Morgan fingerprint density at radius 3 is 1.94 bits per heavy atom. The highest BCUT2D eigenvalue weighted by molar-refractivity contribution is 7.44. The molecule has 53 heavy (non-hydrogen) atoms. The van der Waals surface area contributed by atoms with Gasteiger partial charge in [-0.2, -0.15) is 0 Å². The molecule has 15 heteroatoms. The SMILES string of the molecule is COc1ccc(C(OC[C@H]2O[C@@H](n3cc(C)c(=O)[nH]c3=O)C[C@@H]2OP(OC(C)(C)CC(Cl)(Cl)Cl)N(C)C)(c2ccccc2)c2ccc(OC)cc2)cc1. The van der Waals surface area contributed by atoms with Gasteiger partial charge in [0.2, 0.25) is 0 Å². The van der Waals surface area contributed by atoms with E-state index in [1.807, 2.05) is 111 Å². The zero-order valence-corrected chi connectivity index (χ0v) is 33.8. The van der Waals surface area contributed by atoms with Crippen molar-refractivity contribution in [2.75, 3.05) is 34.9 Å². The summed E-state index contributed by atoms with van der Waals surface area (Å²) in [4.78, 5) is 27.7. The van der Waals surface area contributed by atoms with Gasteiger partial charge >= 0.3 is 5.69 Å². The molecular weight excluding hydrogens is 764 g/mol. The van der Waals surface area contributed by atoms with Gasteiger partial charge in [-0.25, -0.2) is 9.46 Å². The highest BCUT2D eigenvalue weighted by Crippen LogP contribution is 2.51. The number of H-pyrrole nitrogens is 1. The first-order valence-electron chi connectivity index (χ1n) is 16.9. The largest absolute Gasteiger partial charge is 0.497 e. The fourth-order valence-electron chi connectivity index (χ4n) is 6.25. The molecule has 4 atom stereocenters. The van der Waals surface area contributed by atoms with Gasteiger partial charge in [0.1, 0.15) is 29.4 Å². The molecule has 1 aliphatic heterocycles. The maximum absolute atomic E-state index is 13.1. The van der Waals surface area contributed by atoms with E-state index in [9.17, 15) is 9.59 Å². The van der Waals surface area contributed by atoms with Crippen LogP contribution in [0.1, 0.15) is 55.2 Å². The molecule has 1 aliphatic rings. The molecule has 1 unspecified atom stereocenters. The van der Waals surface area contributed by atoms with Gasteiger partial charge in [-0.15, -0.1) is 0 Å². The Morgan fingerprint density at radius 2 is 1.43 bits per heavy atom. The summed E-state index contributed by atoms with van der Waals surface area (Å²) in [7, 11) is 5.16. The van der Waals surface area contributed by atoms with Crippen molar-refractivity contribution in [2.24, 2.45) is 0 Å². The van der Waals surface area contributed by atoms with Crippen LogP contribution in [-0.4, -0.2) is 70.7 Å². The molecule has 1 saturated heterocycles. The first-order valence-corrected chi connectivity index (χ1v) is 19.2. The average Bonchev–Trinajstić information content (AvgIpc) is 3.51. The molecule has 0 bridgehead atoms. The lowest BCUT2D eigenvalue weighted by Crippen LogP contribution is -2.39. The molecule has 11 nitrogen and oxygen atoms in total. The quantitative estimate of drug-likeness (QED) is 0.0728.